The van der Waals surface area contributed by atoms with E-state index in [1.54, 1.807) is 6.92 Å². The molecule has 1 heterocycles. The number of hydrogen-bond donors (Lipinski definition) is 0. The zero-order valence-corrected chi connectivity index (χ0v) is 8.29. The third-order valence-corrected chi connectivity index (χ3v) is 3.86. The minimum atomic E-state index is 0.213. The van der Waals surface area contributed by atoms with Gasteiger partial charge in [-0.15, -0.1) is 0 Å². The number of likely N-dealkylation sites (N-methyl/N-ethyl adjacent to an activating group) is 1. The summed E-state index contributed by atoms with van der Waals surface area (Å²) in [5.74, 6) is 1.76. The first kappa shape index (κ1) is 8.24. The number of piperidine rings is 1. The van der Waals surface area contributed by atoms with E-state index in [1.807, 2.05) is 0 Å². The molecule has 0 aromatic rings. The van der Waals surface area contributed by atoms with Crippen LogP contribution in [0.15, 0.2) is 0 Å². The molecule has 0 N–H and O–H groups in total. The van der Waals surface area contributed by atoms with Gasteiger partial charge >= 0.3 is 0 Å². The van der Waals surface area contributed by atoms with Crippen molar-refractivity contribution in [3.05, 3.63) is 0 Å². The average molecular weight is 167 g/mol. The lowest BCUT2D eigenvalue weighted by molar-refractivity contribution is -0.122. The minimum Gasteiger partial charge on any atom is -0.298 e. The van der Waals surface area contributed by atoms with Crippen LogP contribution in [0.3, 0.4) is 0 Å². The standard InChI is InChI=1S/C10H17NO/c1-6(12)9-8-7(5-11(9)4)10(8,2)3/h7-9H,5H2,1-4H3/t7-,8-,9-/m1/s1. The number of carbonyl (C=O) groups is 1. The third-order valence-electron chi connectivity index (χ3n) is 3.86. The van der Waals surface area contributed by atoms with Crippen LogP contribution in [0.5, 0.6) is 0 Å². The summed E-state index contributed by atoms with van der Waals surface area (Å²) in [5.41, 5.74) is 0.433. The van der Waals surface area contributed by atoms with Crippen LogP contribution in [0.1, 0.15) is 20.8 Å². The number of hydrogen-bond acceptors (Lipinski definition) is 2. The number of Topliss-reactive ketones (excluding diaryl/α,β-unsaturated/α-hetero) is 1. The molecular weight excluding hydrogens is 150 g/mol. The van der Waals surface area contributed by atoms with Crippen molar-refractivity contribution in [2.45, 2.75) is 26.8 Å². The first-order chi connectivity index (χ1) is 5.46. The summed E-state index contributed by atoms with van der Waals surface area (Å²) in [5, 5.41) is 0. The van der Waals surface area contributed by atoms with Crippen molar-refractivity contribution < 1.29 is 4.79 Å². The molecule has 1 saturated carbocycles. The van der Waals surface area contributed by atoms with E-state index in [0.717, 1.165) is 12.5 Å². The van der Waals surface area contributed by atoms with Gasteiger partial charge in [-0.1, -0.05) is 13.8 Å². The van der Waals surface area contributed by atoms with E-state index in [4.69, 9.17) is 0 Å². The Morgan fingerprint density at radius 2 is 2.08 bits per heavy atom. The van der Waals surface area contributed by atoms with Crippen LogP contribution in [0.25, 0.3) is 0 Å². The highest BCUT2D eigenvalue weighted by atomic mass is 16.1. The number of rotatable bonds is 1. The molecule has 0 bridgehead atoms. The average Bonchev–Trinajstić information content (AvgIpc) is 2.40. The first-order valence-electron chi connectivity index (χ1n) is 4.67. The van der Waals surface area contributed by atoms with Gasteiger partial charge in [-0.05, 0) is 31.2 Å². The summed E-state index contributed by atoms with van der Waals surface area (Å²) in [6.07, 6.45) is 0. The van der Waals surface area contributed by atoms with Crippen LogP contribution in [0.2, 0.25) is 0 Å². The smallest absolute Gasteiger partial charge is 0.147 e. The molecule has 2 nitrogen and oxygen atoms in total. The molecule has 0 unspecified atom stereocenters. The lowest BCUT2D eigenvalue weighted by atomic mass is 9.99. The molecule has 1 aliphatic heterocycles. The Kier molecular flexibility index (Phi) is 1.45. The number of carbonyl (C=O) groups excluding carboxylic acids is 1. The summed E-state index contributed by atoms with van der Waals surface area (Å²) in [7, 11) is 2.06. The molecular formula is C10H17NO. The normalized spacial score (nSPS) is 44.2. The maximum Gasteiger partial charge on any atom is 0.147 e. The van der Waals surface area contributed by atoms with Gasteiger partial charge in [0.2, 0.25) is 0 Å². The summed E-state index contributed by atoms with van der Waals surface area (Å²) >= 11 is 0. The van der Waals surface area contributed by atoms with Gasteiger partial charge in [0.05, 0.1) is 6.04 Å². The monoisotopic (exact) mass is 167 g/mol. The van der Waals surface area contributed by atoms with Gasteiger partial charge < -0.3 is 0 Å². The summed E-state index contributed by atoms with van der Waals surface area (Å²) in [6.45, 7) is 7.40. The second kappa shape index (κ2) is 2.11. The van der Waals surface area contributed by atoms with Gasteiger partial charge in [0.15, 0.2) is 0 Å². The Morgan fingerprint density at radius 3 is 2.42 bits per heavy atom. The SMILES string of the molecule is CC(=O)[C@@H]1[C@H]2[C@@H](CN1C)C2(C)C. The quantitative estimate of drug-likeness (QED) is 0.584. The van der Waals surface area contributed by atoms with E-state index >= 15 is 0 Å². The van der Waals surface area contributed by atoms with Gasteiger partial charge in [-0.3, -0.25) is 9.69 Å². The molecule has 2 aliphatic rings. The van der Waals surface area contributed by atoms with Crippen molar-refractivity contribution in [2.24, 2.45) is 17.3 Å². The largest absolute Gasteiger partial charge is 0.298 e. The van der Waals surface area contributed by atoms with E-state index in [1.165, 1.54) is 0 Å². The Morgan fingerprint density at radius 1 is 1.50 bits per heavy atom. The highest BCUT2D eigenvalue weighted by Crippen LogP contribution is 2.64. The van der Waals surface area contributed by atoms with Crippen LogP contribution in [0, 0.1) is 17.3 Å². The Hall–Kier alpha value is -0.370. The molecule has 0 aromatic heterocycles. The minimum absolute atomic E-state index is 0.213. The topological polar surface area (TPSA) is 20.3 Å². The molecule has 2 heteroatoms. The molecule has 2 rings (SSSR count). The lowest BCUT2D eigenvalue weighted by Crippen LogP contribution is -2.37. The summed E-state index contributed by atoms with van der Waals surface area (Å²) in [4.78, 5) is 13.6. The van der Waals surface area contributed by atoms with Crippen molar-refractivity contribution >= 4 is 5.78 Å². The van der Waals surface area contributed by atoms with Gasteiger partial charge in [0.1, 0.15) is 5.78 Å². The zero-order chi connectivity index (χ0) is 9.09. The van der Waals surface area contributed by atoms with Crippen molar-refractivity contribution in [2.75, 3.05) is 13.6 Å². The zero-order valence-electron chi connectivity index (χ0n) is 8.29. The molecule has 0 radical (unpaired) electrons. The fraction of sp³-hybridized carbons (Fsp3) is 0.900. The number of likely N-dealkylation sites (tertiary alicyclic amines) is 1. The molecule has 3 atom stereocenters. The van der Waals surface area contributed by atoms with Crippen LogP contribution in [-0.2, 0) is 4.79 Å². The lowest BCUT2D eigenvalue weighted by Gasteiger charge is -2.24. The predicted octanol–water partition coefficient (Wildman–Crippen LogP) is 1.16. The Labute approximate surface area is 73.9 Å². The van der Waals surface area contributed by atoms with E-state index in [0.29, 0.717) is 17.1 Å². The van der Waals surface area contributed by atoms with Crippen LogP contribution < -0.4 is 0 Å². The molecule has 12 heavy (non-hydrogen) atoms. The Balaban J connectivity index is 2.19. The van der Waals surface area contributed by atoms with Crippen molar-refractivity contribution in [1.82, 2.24) is 4.90 Å². The molecule has 0 spiro atoms. The summed E-state index contributed by atoms with van der Waals surface area (Å²) in [6, 6.07) is 0.213. The predicted molar refractivity (Wildman–Crippen MR) is 47.9 cm³/mol. The second-order valence-electron chi connectivity index (χ2n) is 4.95. The van der Waals surface area contributed by atoms with E-state index in [-0.39, 0.29) is 6.04 Å². The van der Waals surface area contributed by atoms with Gasteiger partial charge in [-0.25, -0.2) is 0 Å². The van der Waals surface area contributed by atoms with E-state index in [9.17, 15) is 4.79 Å². The Bertz CT molecular complexity index is 234. The first-order valence-corrected chi connectivity index (χ1v) is 4.67. The molecule has 2 fully saturated rings. The summed E-state index contributed by atoms with van der Waals surface area (Å²) < 4.78 is 0. The van der Waals surface area contributed by atoms with Gasteiger partial charge in [0.25, 0.3) is 0 Å². The van der Waals surface area contributed by atoms with Crippen molar-refractivity contribution in [1.29, 1.82) is 0 Å². The fourth-order valence-corrected chi connectivity index (χ4v) is 3.02. The molecule has 0 amide bonds. The highest BCUT2D eigenvalue weighted by molar-refractivity contribution is 5.83. The molecule has 0 aromatic carbocycles. The molecule has 68 valence electrons. The van der Waals surface area contributed by atoms with Crippen LogP contribution >= 0.6 is 0 Å². The number of nitrogens with zero attached hydrogens (tertiary/aromatic N) is 1. The molecule has 1 aliphatic carbocycles. The fourth-order valence-electron chi connectivity index (χ4n) is 3.02. The van der Waals surface area contributed by atoms with Gasteiger partial charge in [-0.2, -0.15) is 0 Å². The van der Waals surface area contributed by atoms with Gasteiger partial charge in [0, 0.05) is 6.54 Å². The van der Waals surface area contributed by atoms with E-state index in [2.05, 4.69) is 25.8 Å². The maximum absolute atomic E-state index is 11.3. The van der Waals surface area contributed by atoms with Crippen LogP contribution in [0.4, 0.5) is 0 Å². The number of ketones is 1. The number of fused-ring (bicyclic) bond motifs is 1. The van der Waals surface area contributed by atoms with E-state index < -0.39 is 0 Å². The van der Waals surface area contributed by atoms with Crippen molar-refractivity contribution in [3.63, 3.8) is 0 Å². The van der Waals surface area contributed by atoms with Crippen LogP contribution in [-0.4, -0.2) is 30.3 Å². The molecule has 1 saturated heterocycles. The highest BCUT2D eigenvalue weighted by Gasteiger charge is 2.66. The maximum atomic E-state index is 11.3. The third kappa shape index (κ3) is 0.817. The second-order valence-corrected chi connectivity index (χ2v) is 4.95. The van der Waals surface area contributed by atoms with Crippen molar-refractivity contribution in [3.8, 4) is 0 Å².